The van der Waals surface area contributed by atoms with Crippen molar-refractivity contribution in [2.45, 2.75) is 39.0 Å². The molecule has 1 fully saturated rings. The number of hydrogen-bond donors (Lipinski definition) is 2. The summed E-state index contributed by atoms with van der Waals surface area (Å²) >= 11 is 0. The summed E-state index contributed by atoms with van der Waals surface area (Å²) in [5.74, 6) is 2.84. The lowest BCUT2D eigenvalue weighted by atomic mass is 10.2. The van der Waals surface area contributed by atoms with E-state index in [1.165, 1.54) is 25.9 Å². The molecule has 1 saturated heterocycles. The SMILES string of the molecule is CCCc1cc(NC)nc(Nc2ccc(OC)c(OCCCN3CCCC3)c2)n1. The third-order valence-corrected chi connectivity index (χ3v) is 5.04. The Kier molecular flexibility index (Phi) is 7.93. The van der Waals surface area contributed by atoms with Crippen LogP contribution in [0.3, 0.4) is 0 Å². The van der Waals surface area contributed by atoms with Gasteiger partial charge in [0.25, 0.3) is 0 Å². The van der Waals surface area contributed by atoms with Crippen molar-refractivity contribution in [1.29, 1.82) is 0 Å². The molecule has 0 aliphatic carbocycles. The standard InChI is InChI=1S/C22H33N5O2/c1-4-8-17-16-21(23-2)26-22(24-17)25-18-9-10-19(28-3)20(15-18)29-14-7-13-27-11-5-6-12-27/h9-10,15-16H,4-8,11-14H2,1-3H3,(H2,23,24,25,26). The molecule has 3 rings (SSSR count). The van der Waals surface area contributed by atoms with Crippen LogP contribution in [0.15, 0.2) is 24.3 Å². The molecular weight excluding hydrogens is 366 g/mol. The van der Waals surface area contributed by atoms with E-state index in [0.717, 1.165) is 54.5 Å². The summed E-state index contributed by atoms with van der Waals surface area (Å²) in [4.78, 5) is 11.6. The van der Waals surface area contributed by atoms with Crippen molar-refractivity contribution < 1.29 is 9.47 Å². The molecule has 2 heterocycles. The molecule has 1 aliphatic heterocycles. The zero-order valence-electron chi connectivity index (χ0n) is 17.8. The van der Waals surface area contributed by atoms with Crippen molar-refractivity contribution in [3.8, 4) is 11.5 Å². The van der Waals surface area contributed by atoms with Crippen LogP contribution >= 0.6 is 0 Å². The van der Waals surface area contributed by atoms with Gasteiger partial charge in [-0.3, -0.25) is 0 Å². The van der Waals surface area contributed by atoms with E-state index in [1.54, 1.807) is 7.11 Å². The lowest BCUT2D eigenvalue weighted by molar-refractivity contribution is 0.254. The number of rotatable bonds is 11. The summed E-state index contributed by atoms with van der Waals surface area (Å²) in [6.45, 7) is 6.34. The van der Waals surface area contributed by atoms with Gasteiger partial charge in [-0.05, 0) is 50.9 Å². The highest BCUT2D eigenvalue weighted by molar-refractivity contribution is 5.60. The molecule has 158 valence electrons. The quantitative estimate of drug-likeness (QED) is 0.552. The van der Waals surface area contributed by atoms with Crippen LogP contribution in [0.1, 0.15) is 38.3 Å². The monoisotopic (exact) mass is 399 g/mol. The van der Waals surface area contributed by atoms with Gasteiger partial charge in [-0.2, -0.15) is 4.98 Å². The molecule has 1 aromatic heterocycles. The Balaban J connectivity index is 1.65. The smallest absolute Gasteiger partial charge is 0.229 e. The summed E-state index contributed by atoms with van der Waals surface area (Å²) in [6.07, 6.45) is 5.60. The lowest BCUT2D eigenvalue weighted by Gasteiger charge is -2.16. The second kappa shape index (κ2) is 10.9. The molecular formula is C22H33N5O2. The Hall–Kier alpha value is -2.54. The maximum atomic E-state index is 6.03. The number of likely N-dealkylation sites (tertiary alicyclic amines) is 1. The highest BCUT2D eigenvalue weighted by Gasteiger charge is 2.12. The van der Waals surface area contributed by atoms with E-state index < -0.39 is 0 Å². The second-order valence-corrected chi connectivity index (χ2v) is 7.31. The topological polar surface area (TPSA) is 71.5 Å². The molecule has 1 aliphatic rings. The molecule has 7 heteroatoms. The van der Waals surface area contributed by atoms with Crippen LogP contribution in [0, 0.1) is 0 Å². The zero-order valence-corrected chi connectivity index (χ0v) is 17.8. The van der Waals surface area contributed by atoms with E-state index in [0.29, 0.717) is 12.6 Å². The van der Waals surface area contributed by atoms with Gasteiger partial charge in [-0.25, -0.2) is 4.98 Å². The first-order chi connectivity index (χ1) is 14.2. The normalized spacial score (nSPS) is 14.0. The maximum Gasteiger partial charge on any atom is 0.229 e. The second-order valence-electron chi connectivity index (χ2n) is 7.31. The Bertz CT molecular complexity index is 778. The van der Waals surface area contributed by atoms with E-state index in [-0.39, 0.29) is 0 Å². The highest BCUT2D eigenvalue weighted by Crippen LogP contribution is 2.31. The zero-order chi connectivity index (χ0) is 20.5. The lowest BCUT2D eigenvalue weighted by Crippen LogP contribution is -2.21. The van der Waals surface area contributed by atoms with Crippen LogP contribution in [0.2, 0.25) is 0 Å². The summed E-state index contributed by atoms with van der Waals surface area (Å²) in [6, 6.07) is 7.79. The third kappa shape index (κ3) is 6.22. The molecule has 0 unspecified atom stereocenters. The van der Waals surface area contributed by atoms with Gasteiger partial charge in [0.1, 0.15) is 5.82 Å². The fourth-order valence-electron chi connectivity index (χ4n) is 3.54. The predicted molar refractivity (Wildman–Crippen MR) is 118 cm³/mol. The summed E-state index contributed by atoms with van der Waals surface area (Å²) < 4.78 is 11.5. The molecule has 0 bridgehead atoms. The Morgan fingerprint density at radius 2 is 1.93 bits per heavy atom. The molecule has 29 heavy (non-hydrogen) atoms. The van der Waals surface area contributed by atoms with Crippen molar-refractivity contribution in [1.82, 2.24) is 14.9 Å². The van der Waals surface area contributed by atoms with E-state index >= 15 is 0 Å². The molecule has 0 saturated carbocycles. The van der Waals surface area contributed by atoms with Crippen molar-refractivity contribution in [3.63, 3.8) is 0 Å². The van der Waals surface area contributed by atoms with E-state index in [4.69, 9.17) is 9.47 Å². The third-order valence-electron chi connectivity index (χ3n) is 5.04. The molecule has 2 N–H and O–H groups in total. The highest BCUT2D eigenvalue weighted by atomic mass is 16.5. The number of aromatic nitrogens is 2. The number of aryl methyl sites for hydroxylation is 1. The predicted octanol–water partition coefficient (Wildman–Crippen LogP) is 4.09. The minimum atomic E-state index is 0.574. The fourth-order valence-corrected chi connectivity index (χ4v) is 3.54. The van der Waals surface area contributed by atoms with Gasteiger partial charge in [0, 0.05) is 37.1 Å². The van der Waals surface area contributed by atoms with Gasteiger partial charge >= 0.3 is 0 Å². The van der Waals surface area contributed by atoms with Gasteiger partial charge in [-0.1, -0.05) is 13.3 Å². The molecule has 0 spiro atoms. The van der Waals surface area contributed by atoms with Crippen molar-refractivity contribution in [3.05, 3.63) is 30.0 Å². The minimum Gasteiger partial charge on any atom is -0.493 e. The van der Waals surface area contributed by atoms with Crippen LogP contribution in [0.4, 0.5) is 17.5 Å². The summed E-state index contributed by atoms with van der Waals surface area (Å²) in [5, 5.41) is 6.40. The van der Waals surface area contributed by atoms with Crippen molar-refractivity contribution >= 4 is 17.5 Å². The first kappa shape index (κ1) is 21.2. The molecule has 2 aromatic rings. The Morgan fingerprint density at radius 3 is 2.66 bits per heavy atom. The summed E-state index contributed by atoms with van der Waals surface area (Å²) in [5.41, 5.74) is 1.89. The van der Waals surface area contributed by atoms with Crippen LogP contribution in [-0.2, 0) is 6.42 Å². The number of nitrogens with zero attached hydrogens (tertiary/aromatic N) is 3. The van der Waals surface area contributed by atoms with Gasteiger partial charge in [0.2, 0.25) is 5.95 Å². The first-order valence-corrected chi connectivity index (χ1v) is 10.6. The number of methoxy groups -OCH3 is 1. The van der Waals surface area contributed by atoms with Crippen LogP contribution in [0.5, 0.6) is 11.5 Å². The van der Waals surface area contributed by atoms with Crippen LogP contribution in [-0.4, -0.2) is 55.3 Å². The maximum absolute atomic E-state index is 6.03. The average molecular weight is 400 g/mol. The van der Waals surface area contributed by atoms with Gasteiger partial charge in [-0.15, -0.1) is 0 Å². The largest absolute Gasteiger partial charge is 0.493 e. The average Bonchev–Trinajstić information content (AvgIpc) is 3.25. The molecule has 1 aromatic carbocycles. The molecule has 7 nitrogen and oxygen atoms in total. The summed E-state index contributed by atoms with van der Waals surface area (Å²) in [7, 11) is 3.53. The number of benzene rings is 1. The van der Waals surface area contributed by atoms with Crippen LogP contribution < -0.4 is 20.1 Å². The number of anilines is 3. The Labute approximate surface area is 173 Å². The van der Waals surface area contributed by atoms with E-state index in [2.05, 4.69) is 32.4 Å². The first-order valence-electron chi connectivity index (χ1n) is 10.6. The van der Waals surface area contributed by atoms with E-state index in [9.17, 15) is 0 Å². The van der Waals surface area contributed by atoms with Crippen LogP contribution in [0.25, 0.3) is 0 Å². The van der Waals surface area contributed by atoms with Crippen molar-refractivity contribution in [2.24, 2.45) is 0 Å². The fraction of sp³-hybridized carbons (Fsp3) is 0.545. The minimum absolute atomic E-state index is 0.574. The number of nitrogens with one attached hydrogen (secondary N) is 2. The van der Waals surface area contributed by atoms with Gasteiger partial charge in [0.15, 0.2) is 11.5 Å². The number of ether oxygens (including phenoxy) is 2. The molecule has 0 radical (unpaired) electrons. The molecule has 0 amide bonds. The van der Waals surface area contributed by atoms with Gasteiger partial charge in [0.05, 0.1) is 13.7 Å². The van der Waals surface area contributed by atoms with E-state index in [1.807, 2.05) is 31.3 Å². The van der Waals surface area contributed by atoms with Crippen molar-refractivity contribution in [2.75, 3.05) is 51.0 Å². The Morgan fingerprint density at radius 1 is 1.10 bits per heavy atom. The molecule has 0 atom stereocenters. The van der Waals surface area contributed by atoms with Gasteiger partial charge < -0.3 is 25.0 Å². The number of hydrogen-bond acceptors (Lipinski definition) is 7.